The van der Waals surface area contributed by atoms with Crippen molar-refractivity contribution in [2.75, 3.05) is 16.8 Å². The number of hydrogen-bond acceptors (Lipinski definition) is 3. The highest BCUT2D eigenvalue weighted by Crippen LogP contribution is 2.40. The zero-order valence-corrected chi connectivity index (χ0v) is 17.9. The van der Waals surface area contributed by atoms with Crippen LogP contribution in [0.4, 0.5) is 20.6 Å². The van der Waals surface area contributed by atoms with Gasteiger partial charge in [0.2, 0.25) is 0 Å². The smallest absolute Gasteiger partial charge is 0.326 e. The number of nitrogens with one attached hydrogen (secondary N) is 2. The SMILES string of the molecule is O=C1NC(c2cc(F)ccc2Cl)c2c(NC(=O)N3CC(O)c4ccc(Cl)cc43)cccc21. The van der Waals surface area contributed by atoms with Crippen molar-refractivity contribution in [3.8, 4) is 0 Å². The van der Waals surface area contributed by atoms with Gasteiger partial charge in [0.25, 0.3) is 5.91 Å². The molecule has 6 nitrogen and oxygen atoms in total. The summed E-state index contributed by atoms with van der Waals surface area (Å²) in [6, 6.07) is 12.6. The van der Waals surface area contributed by atoms with E-state index in [-0.39, 0.29) is 17.5 Å². The molecule has 162 valence electrons. The van der Waals surface area contributed by atoms with Crippen molar-refractivity contribution >= 4 is 46.5 Å². The van der Waals surface area contributed by atoms with E-state index < -0.39 is 24.0 Å². The number of halogens is 3. The number of β-amino-alcohol motifs (C(OH)–C–C–N with tert-alkyl or cyclic N) is 1. The molecular weight excluding hydrogens is 456 g/mol. The van der Waals surface area contributed by atoms with E-state index >= 15 is 0 Å². The number of rotatable bonds is 2. The van der Waals surface area contributed by atoms with Crippen LogP contribution in [0.1, 0.15) is 39.2 Å². The summed E-state index contributed by atoms with van der Waals surface area (Å²) in [5.41, 5.74) is 2.72. The zero-order valence-electron chi connectivity index (χ0n) is 16.4. The number of fused-ring (bicyclic) bond motifs is 2. The van der Waals surface area contributed by atoms with Gasteiger partial charge in [0, 0.05) is 38.0 Å². The molecule has 0 spiro atoms. The summed E-state index contributed by atoms with van der Waals surface area (Å²) in [4.78, 5) is 27.1. The maximum absolute atomic E-state index is 13.9. The maximum atomic E-state index is 13.9. The van der Waals surface area contributed by atoms with Crippen molar-refractivity contribution < 1.29 is 19.1 Å². The lowest BCUT2D eigenvalue weighted by atomic mass is 9.96. The summed E-state index contributed by atoms with van der Waals surface area (Å²) in [6.45, 7) is 0.0624. The zero-order chi connectivity index (χ0) is 22.6. The quantitative estimate of drug-likeness (QED) is 0.488. The normalized spacial score (nSPS) is 18.9. The Bertz CT molecular complexity index is 1280. The first-order valence-corrected chi connectivity index (χ1v) is 10.5. The van der Waals surface area contributed by atoms with Gasteiger partial charge in [-0.2, -0.15) is 0 Å². The van der Waals surface area contributed by atoms with Crippen molar-refractivity contribution in [3.63, 3.8) is 0 Å². The molecule has 0 radical (unpaired) electrons. The van der Waals surface area contributed by atoms with Crippen LogP contribution in [0.3, 0.4) is 0 Å². The topological polar surface area (TPSA) is 81.7 Å². The molecule has 0 bridgehead atoms. The van der Waals surface area contributed by atoms with E-state index in [9.17, 15) is 19.1 Å². The van der Waals surface area contributed by atoms with Crippen molar-refractivity contribution in [2.45, 2.75) is 12.1 Å². The second-order valence-corrected chi connectivity index (χ2v) is 8.44. The molecule has 3 N–H and O–H groups in total. The highest BCUT2D eigenvalue weighted by molar-refractivity contribution is 6.31. The number of nitrogens with zero attached hydrogens (tertiary/aromatic N) is 1. The van der Waals surface area contributed by atoms with Gasteiger partial charge in [-0.3, -0.25) is 9.69 Å². The standard InChI is InChI=1S/C23H16Cl2FN3O3/c24-11-4-6-13-18(8-11)29(10-19(13)30)23(32)27-17-3-1-2-14-20(17)21(28-22(14)31)15-9-12(26)5-7-16(15)25/h1-9,19,21,30H,10H2,(H,27,32)(H,28,31). The number of aliphatic hydroxyl groups excluding tert-OH is 1. The average Bonchev–Trinajstić information content (AvgIpc) is 3.27. The van der Waals surface area contributed by atoms with Gasteiger partial charge < -0.3 is 15.7 Å². The number of carbonyl (C=O) groups is 2. The molecule has 0 aromatic heterocycles. The third kappa shape index (κ3) is 3.39. The van der Waals surface area contributed by atoms with E-state index in [2.05, 4.69) is 10.6 Å². The third-order valence-electron chi connectivity index (χ3n) is 5.67. The highest BCUT2D eigenvalue weighted by Gasteiger charge is 2.36. The van der Waals surface area contributed by atoms with Gasteiger partial charge in [-0.05, 0) is 42.5 Å². The van der Waals surface area contributed by atoms with E-state index in [4.69, 9.17) is 23.2 Å². The summed E-state index contributed by atoms with van der Waals surface area (Å²) in [7, 11) is 0. The lowest BCUT2D eigenvalue weighted by Gasteiger charge is -2.21. The second-order valence-electron chi connectivity index (χ2n) is 7.60. The Morgan fingerprint density at radius 1 is 1.12 bits per heavy atom. The van der Waals surface area contributed by atoms with Gasteiger partial charge in [0.15, 0.2) is 0 Å². The molecule has 2 unspecified atom stereocenters. The number of benzene rings is 3. The number of urea groups is 1. The fourth-order valence-corrected chi connectivity index (χ4v) is 4.60. The van der Waals surface area contributed by atoms with Crippen LogP contribution in [0.15, 0.2) is 54.6 Å². The van der Waals surface area contributed by atoms with Crippen LogP contribution in [0.2, 0.25) is 10.0 Å². The molecule has 0 fully saturated rings. The molecule has 0 aliphatic carbocycles. The van der Waals surface area contributed by atoms with E-state index in [0.717, 1.165) is 0 Å². The van der Waals surface area contributed by atoms with Gasteiger partial charge in [0.1, 0.15) is 5.82 Å². The van der Waals surface area contributed by atoms with Crippen molar-refractivity contribution in [2.24, 2.45) is 0 Å². The minimum Gasteiger partial charge on any atom is -0.386 e. The molecular formula is C23H16Cl2FN3O3. The predicted molar refractivity (Wildman–Crippen MR) is 120 cm³/mol. The van der Waals surface area contributed by atoms with E-state index in [1.807, 2.05) is 0 Å². The van der Waals surface area contributed by atoms with Gasteiger partial charge in [0.05, 0.1) is 24.4 Å². The summed E-state index contributed by atoms with van der Waals surface area (Å²) >= 11 is 12.4. The predicted octanol–water partition coefficient (Wildman–Crippen LogP) is 5.05. The maximum Gasteiger partial charge on any atom is 0.326 e. The first kappa shape index (κ1) is 20.8. The van der Waals surface area contributed by atoms with Crippen LogP contribution >= 0.6 is 23.2 Å². The van der Waals surface area contributed by atoms with Crippen molar-refractivity contribution in [1.82, 2.24) is 5.32 Å². The molecule has 3 aromatic carbocycles. The number of amides is 3. The monoisotopic (exact) mass is 471 g/mol. The Hall–Kier alpha value is -3.13. The molecule has 9 heteroatoms. The largest absolute Gasteiger partial charge is 0.386 e. The third-order valence-corrected chi connectivity index (χ3v) is 6.25. The minimum absolute atomic E-state index is 0.0624. The first-order chi connectivity index (χ1) is 15.3. The Labute approximate surface area is 192 Å². The van der Waals surface area contributed by atoms with Crippen LogP contribution < -0.4 is 15.5 Å². The van der Waals surface area contributed by atoms with Crippen LogP contribution in [0, 0.1) is 5.82 Å². The Balaban J connectivity index is 1.52. The molecule has 5 rings (SSSR count). The molecule has 3 aromatic rings. The Kier molecular flexibility index (Phi) is 5.04. The summed E-state index contributed by atoms with van der Waals surface area (Å²) < 4.78 is 13.9. The molecule has 2 heterocycles. The lowest BCUT2D eigenvalue weighted by Crippen LogP contribution is -2.34. The summed E-state index contributed by atoms with van der Waals surface area (Å²) in [6.07, 6.45) is -0.836. The van der Waals surface area contributed by atoms with Gasteiger partial charge in [-0.1, -0.05) is 35.3 Å². The summed E-state index contributed by atoms with van der Waals surface area (Å²) in [5, 5.41) is 16.7. The molecule has 0 saturated heterocycles. The average molecular weight is 472 g/mol. The van der Waals surface area contributed by atoms with Gasteiger partial charge in [-0.25, -0.2) is 9.18 Å². The molecule has 32 heavy (non-hydrogen) atoms. The molecule has 2 aliphatic rings. The number of aliphatic hydroxyl groups is 1. The lowest BCUT2D eigenvalue weighted by molar-refractivity contribution is 0.0960. The van der Waals surface area contributed by atoms with Crippen LogP contribution in [-0.4, -0.2) is 23.6 Å². The minimum atomic E-state index is -0.836. The number of hydrogen-bond donors (Lipinski definition) is 3. The molecule has 0 saturated carbocycles. The Morgan fingerprint density at radius 2 is 1.94 bits per heavy atom. The fourth-order valence-electron chi connectivity index (χ4n) is 4.21. The highest BCUT2D eigenvalue weighted by atomic mass is 35.5. The van der Waals surface area contributed by atoms with Crippen LogP contribution in [-0.2, 0) is 0 Å². The van der Waals surface area contributed by atoms with E-state index in [0.29, 0.717) is 38.7 Å². The van der Waals surface area contributed by atoms with Crippen molar-refractivity contribution in [1.29, 1.82) is 0 Å². The molecule has 2 atom stereocenters. The summed E-state index contributed by atoms with van der Waals surface area (Å²) in [5.74, 6) is -0.844. The van der Waals surface area contributed by atoms with Crippen molar-refractivity contribution in [3.05, 3.63) is 92.7 Å². The molecule has 3 amide bonds. The Morgan fingerprint density at radius 3 is 2.75 bits per heavy atom. The number of anilines is 2. The van der Waals surface area contributed by atoms with Gasteiger partial charge >= 0.3 is 6.03 Å². The first-order valence-electron chi connectivity index (χ1n) is 9.78. The van der Waals surface area contributed by atoms with Gasteiger partial charge in [-0.15, -0.1) is 0 Å². The van der Waals surface area contributed by atoms with E-state index in [1.54, 1.807) is 36.4 Å². The second kappa shape index (κ2) is 7.78. The molecule has 2 aliphatic heterocycles. The number of carbonyl (C=O) groups excluding carboxylic acids is 2. The van der Waals surface area contributed by atoms with Crippen LogP contribution in [0.25, 0.3) is 0 Å². The van der Waals surface area contributed by atoms with Crippen LogP contribution in [0.5, 0.6) is 0 Å². The fraction of sp³-hybridized carbons (Fsp3) is 0.130. The van der Waals surface area contributed by atoms with E-state index in [1.165, 1.54) is 23.1 Å².